The summed E-state index contributed by atoms with van der Waals surface area (Å²) in [7, 11) is 0. The fourth-order valence-electron chi connectivity index (χ4n) is 1.98. The summed E-state index contributed by atoms with van der Waals surface area (Å²) >= 11 is 12.1. The number of carbonyl (C=O) groups is 1. The second-order valence-corrected chi connectivity index (χ2v) is 5.13. The minimum Gasteiger partial charge on any atom is -0.492 e. The van der Waals surface area contributed by atoms with Gasteiger partial charge >= 0.3 is 0 Å². The molecule has 1 amide bonds. The van der Waals surface area contributed by atoms with Crippen molar-refractivity contribution in [2.45, 2.75) is 25.4 Å². The van der Waals surface area contributed by atoms with Crippen LogP contribution in [0.4, 0.5) is 0 Å². The van der Waals surface area contributed by atoms with Crippen LogP contribution < -0.4 is 15.8 Å². The van der Waals surface area contributed by atoms with E-state index in [4.69, 9.17) is 33.7 Å². The van der Waals surface area contributed by atoms with Gasteiger partial charge in [-0.15, -0.1) is 0 Å². The number of carbonyl (C=O) groups excluding carboxylic acids is 1. The molecule has 0 fully saturated rings. The molecule has 4 nitrogen and oxygen atoms in total. The van der Waals surface area contributed by atoms with Crippen LogP contribution in [0.3, 0.4) is 0 Å². The Kier molecular flexibility index (Phi) is 4.00. The van der Waals surface area contributed by atoms with Crippen molar-refractivity contribution in [1.82, 2.24) is 5.32 Å². The molecule has 2 rings (SSSR count). The lowest BCUT2D eigenvalue weighted by atomic mass is 9.99. The van der Waals surface area contributed by atoms with Crippen molar-refractivity contribution < 1.29 is 9.53 Å². The van der Waals surface area contributed by atoms with E-state index in [-0.39, 0.29) is 6.04 Å². The normalized spacial score (nSPS) is 19.8. The first kappa shape index (κ1) is 13.5. The molecule has 0 aromatic heterocycles. The Labute approximate surface area is 115 Å². The number of hydrogen-bond acceptors (Lipinski definition) is 3. The predicted octanol–water partition coefficient (Wildman–Crippen LogP) is 2.28. The van der Waals surface area contributed by atoms with Gasteiger partial charge in [0, 0.05) is 23.0 Å². The monoisotopic (exact) mass is 288 g/mol. The topological polar surface area (TPSA) is 64.3 Å². The zero-order chi connectivity index (χ0) is 13.3. The summed E-state index contributed by atoms with van der Waals surface area (Å²) in [6.45, 7) is 2.27. The van der Waals surface area contributed by atoms with E-state index in [9.17, 15) is 4.79 Å². The third kappa shape index (κ3) is 2.71. The average molecular weight is 289 g/mol. The molecule has 0 saturated heterocycles. The number of rotatable bonds is 3. The van der Waals surface area contributed by atoms with E-state index in [1.165, 1.54) is 0 Å². The average Bonchev–Trinajstić information content (AvgIpc) is 2.29. The molecule has 0 spiro atoms. The van der Waals surface area contributed by atoms with Crippen LogP contribution in [-0.2, 0) is 4.79 Å². The molecule has 98 valence electrons. The zero-order valence-corrected chi connectivity index (χ0v) is 11.4. The van der Waals surface area contributed by atoms with Crippen molar-refractivity contribution in [2.24, 2.45) is 5.73 Å². The van der Waals surface area contributed by atoms with E-state index < -0.39 is 11.9 Å². The van der Waals surface area contributed by atoms with Crippen LogP contribution in [-0.4, -0.2) is 18.6 Å². The van der Waals surface area contributed by atoms with Crippen molar-refractivity contribution in [1.29, 1.82) is 0 Å². The van der Waals surface area contributed by atoms with Crippen molar-refractivity contribution in [3.63, 3.8) is 0 Å². The number of ether oxygens (including phenoxy) is 1. The molecule has 1 heterocycles. The SMILES string of the molecule is CC(NC1CCOc2c(Cl)cc(Cl)cc21)C(N)=O. The number of nitrogens with one attached hydrogen (secondary N) is 1. The van der Waals surface area contributed by atoms with Crippen LogP contribution in [0.15, 0.2) is 12.1 Å². The summed E-state index contributed by atoms with van der Waals surface area (Å²) in [5.74, 6) is 0.234. The molecule has 18 heavy (non-hydrogen) atoms. The molecular formula is C12H14Cl2N2O2. The number of hydrogen-bond donors (Lipinski definition) is 2. The van der Waals surface area contributed by atoms with Gasteiger partial charge < -0.3 is 10.5 Å². The highest BCUT2D eigenvalue weighted by atomic mass is 35.5. The van der Waals surface area contributed by atoms with Gasteiger partial charge in [0.1, 0.15) is 5.75 Å². The third-order valence-electron chi connectivity index (χ3n) is 2.94. The summed E-state index contributed by atoms with van der Waals surface area (Å²) < 4.78 is 5.53. The van der Waals surface area contributed by atoms with Gasteiger partial charge in [0.2, 0.25) is 5.91 Å². The van der Waals surface area contributed by atoms with Crippen LogP contribution in [0.5, 0.6) is 5.75 Å². The number of halogens is 2. The first-order chi connectivity index (χ1) is 8.49. The second kappa shape index (κ2) is 5.34. The molecular weight excluding hydrogens is 275 g/mol. The summed E-state index contributed by atoms with van der Waals surface area (Å²) in [6.07, 6.45) is 0.737. The number of amides is 1. The summed E-state index contributed by atoms with van der Waals surface area (Å²) in [6, 6.07) is 2.99. The van der Waals surface area contributed by atoms with Crippen LogP contribution in [0, 0.1) is 0 Å². The maximum Gasteiger partial charge on any atom is 0.234 e. The van der Waals surface area contributed by atoms with Gasteiger partial charge in [0.15, 0.2) is 0 Å². The van der Waals surface area contributed by atoms with Gasteiger partial charge in [-0.3, -0.25) is 10.1 Å². The molecule has 1 aliphatic heterocycles. The third-order valence-corrected chi connectivity index (χ3v) is 3.44. The molecule has 0 aliphatic carbocycles. The molecule has 0 radical (unpaired) electrons. The number of fused-ring (bicyclic) bond motifs is 1. The first-order valence-corrected chi connectivity index (χ1v) is 6.41. The summed E-state index contributed by atoms with van der Waals surface area (Å²) in [4.78, 5) is 11.1. The van der Waals surface area contributed by atoms with E-state index >= 15 is 0 Å². The molecule has 3 N–H and O–H groups in total. The predicted molar refractivity (Wildman–Crippen MR) is 71.1 cm³/mol. The van der Waals surface area contributed by atoms with Gasteiger partial charge in [-0.05, 0) is 19.1 Å². The highest BCUT2D eigenvalue weighted by Gasteiger charge is 2.26. The summed E-state index contributed by atoms with van der Waals surface area (Å²) in [5.41, 5.74) is 6.12. The Hall–Kier alpha value is -0.970. The lowest BCUT2D eigenvalue weighted by Gasteiger charge is -2.29. The van der Waals surface area contributed by atoms with Crippen molar-refractivity contribution >= 4 is 29.1 Å². The van der Waals surface area contributed by atoms with Crippen LogP contribution in [0.25, 0.3) is 0 Å². The molecule has 0 bridgehead atoms. The van der Waals surface area contributed by atoms with Crippen LogP contribution in [0.2, 0.25) is 10.0 Å². The Bertz CT molecular complexity index is 479. The van der Waals surface area contributed by atoms with Gasteiger partial charge in [-0.2, -0.15) is 0 Å². The minimum atomic E-state index is -0.418. The highest BCUT2D eigenvalue weighted by Crippen LogP contribution is 2.40. The van der Waals surface area contributed by atoms with E-state index in [1.54, 1.807) is 19.1 Å². The number of benzene rings is 1. The van der Waals surface area contributed by atoms with Gasteiger partial charge in [0.05, 0.1) is 17.7 Å². The molecule has 0 saturated carbocycles. The quantitative estimate of drug-likeness (QED) is 0.897. The van der Waals surface area contributed by atoms with E-state index in [0.29, 0.717) is 22.4 Å². The molecule has 1 aliphatic rings. The Morgan fingerprint density at radius 2 is 2.28 bits per heavy atom. The fraction of sp³-hybridized carbons (Fsp3) is 0.417. The van der Waals surface area contributed by atoms with Gasteiger partial charge in [-0.1, -0.05) is 23.2 Å². The van der Waals surface area contributed by atoms with Crippen molar-refractivity contribution in [2.75, 3.05) is 6.61 Å². The second-order valence-electron chi connectivity index (χ2n) is 4.29. The number of primary amides is 1. The fourth-order valence-corrected chi connectivity index (χ4v) is 2.55. The highest BCUT2D eigenvalue weighted by molar-refractivity contribution is 6.35. The molecule has 6 heteroatoms. The first-order valence-electron chi connectivity index (χ1n) is 5.66. The maximum atomic E-state index is 11.1. The van der Waals surface area contributed by atoms with Gasteiger partial charge in [0.25, 0.3) is 0 Å². The summed E-state index contributed by atoms with van der Waals surface area (Å²) in [5, 5.41) is 4.18. The van der Waals surface area contributed by atoms with E-state index in [1.807, 2.05) is 0 Å². The lowest BCUT2D eigenvalue weighted by molar-refractivity contribution is -0.119. The van der Waals surface area contributed by atoms with Crippen molar-refractivity contribution in [3.05, 3.63) is 27.7 Å². The van der Waals surface area contributed by atoms with E-state index in [0.717, 1.165) is 12.0 Å². The standard InChI is InChI=1S/C12H14Cl2N2O2/c1-6(12(15)17)16-10-2-3-18-11-8(10)4-7(13)5-9(11)14/h4-6,10,16H,2-3H2,1H3,(H2,15,17). The largest absolute Gasteiger partial charge is 0.492 e. The maximum absolute atomic E-state index is 11.1. The van der Waals surface area contributed by atoms with Gasteiger partial charge in [-0.25, -0.2) is 0 Å². The Morgan fingerprint density at radius 3 is 2.94 bits per heavy atom. The van der Waals surface area contributed by atoms with E-state index in [2.05, 4.69) is 5.32 Å². The zero-order valence-electron chi connectivity index (χ0n) is 9.87. The molecule has 1 aromatic rings. The van der Waals surface area contributed by atoms with Crippen LogP contribution in [0.1, 0.15) is 24.9 Å². The van der Waals surface area contributed by atoms with Crippen LogP contribution >= 0.6 is 23.2 Å². The lowest BCUT2D eigenvalue weighted by Crippen LogP contribution is -2.42. The number of nitrogens with two attached hydrogens (primary N) is 1. The minimum absolute atomic E-state index is 0.0348. The Morgan fingerprint density at radius 1 is 1.56 bits per heavy atom. The molecule has 1 aromatic carbocycles. The van der Waals surface area contributed by atoms with Crippen molar-refractivity contribution in [3.8, 4) is 5.75 Å². The smallest absolute Gasteiger partial charge is 0.234 e. The molecule has 2 unspecified atom stereocenters. The Balaban J connectivity index is 2.30. The molecule has 2 atom stereocenters.